The molecule has 11 heteroatoms. The minimum absolute atomic E-state index is 0.0385. The largest absolute Gasteiger partial charge is 0.475 e. The lowest BCUT2D eigenvalue weighted by molar-refractivity contribution is -0.139. The van der Waals surface area contributed by atoms with Crippen molar-refractivity contribution in [3.05, 3.63) is 58.8 Å². The predicted octanol–water partition coefficient (Wildman–Crippen LogP) is 3.78. The molecule has 1 aromatic heterocycles. The van der Waals surface area contributed by atoms with Gasteiger partial charge in [0, 0.05) is 49.9 Å². The van der Waals surface area contributed by atoms with Gasteiger partial charge in [-0.3, -0.25) is 14.9 Å². The normalized spacial score (nSPS) is 18.0. The molecule has 2 amide bonds. The molecule has 2 atom stereocenters. The molecule has 0 saturated carbocycles. The van der Waals surface area contributed by atoms with Crippen LogP contribution < -0.4 is 20.7 Å². The van der Waals surface area contributed by atoms with Gasteiger partial charge >= 0.3 is 6.18 Å². The molecule has 2 unspecified atom stereocenters. The number of hydrogen-bond acceptors (Lipinski definition) is 6. The minimum atomic E-state index is -4.62. The van der Waals surface area contributed by atoms with Gasteiger partial charge in [-0.1, -0.05) is 19.1 Å². The molecule has 2 heterocycles. The molecule has 36 heavy (non-hydrogen) atoms. The molecule has 0 radical (unpaired) electrons. The molecular weight excluding hydrogens is 477 g/mol. The zero-order valence-electron chi connectivity index (χ0n) is 20.3. The van der Waals surface area contributed by atoms with Crippen LogP contribution in [0.4, 0.5) is 13.2 Å². The monoisotopic (exact) mass is 508 g/mol. The van der Waals surface area contributed by atoms with Crippen molar-refractivity contribution in [1.82, 2.24) is 20.9 Å². The summed E-state index contributed by atoms with van der Waals surface area (Å²) < 4.78 is 52.2. The Morgan fingerprint density at radius 1 is 1.19 bits per heavy atom. The van der Waals surface area contributed by atoms with E-state index in [1.165, 1.54) is 18.3 Å². The number of benzene rings is 1. The predicted molar refractivity (Wildman–Crippen MR) is 126 cm³/mol. The van der Waals surface area contributed by atoms with E-state index in [9.17, 15) is 22.8 Å². The van der Waals surface area contributed by atoms with Crippen molar-refractivity contribution in [2.24, 2.45) is 0 Å². The quantitative estimate of drug-likeness (QED) is 0.400. The summed E-state index contributed by atoms with van der Waals surface area (Å²) >= 11 is 0. The van der Waals surface area contributed by atoms with Crippen LogP contribution >= 0.6 is 0 Å². The second kappa shape index (κ2) is 12.7. The summed E-state index contributed by atoms with van der Waals surface area (Å²) in [5, 5.41) is 8.42. The molecule has 0 spiro atoms. The zero-order valence-corrected chi connectivity index (χ0v) is 20.3. The summed E-state index contributed by atoms with van der Waals surface area (Å²) in [6.07, 6.45) is -3.13. The molecular formula is C25H31F3N4O4. The van der Waals surface area contributed by atoms with Crippen molar-refractivity contribution in [2.75, 3.05) is 19.8 Å². The number of ether oxygens (including phenoxy) is 2. The lowest BCUT2D eigenvalue weighted by Crippen LogP contribution is -2.47. The van der Waals surface area contributed by atoms with Gasteiger partial charge < -0.3 is 20.1 Å². The lowest BCUT2D eigenvalue weighted by atomic mass is 9.96. The summed E-state index contributed by atoms with van der Waals surface area (Å²) in [4.78, 5) is 28.5. The average Bonchev–Trinajstić information content (AvgIpc) is 2.85. The van der Waals surface area contributed by atoms with E-state index in [-0.39, 0.29) is 24.4 Å². The zero-order chi connectivity index (χ0) is 26.1. The van der Waals surface area contributed by atoms with Crippen molar-refractivity contribution in [1.29, 1.82) is 0 Å². The Balaban J connectivity index is 1.78. The highest BCUT2D eigenvalue weighted by molar-refractivity contribution is 5.78. The van der Waals surface area contributed by atoms with E-state index in [2.05, 4.69) is 20.9 Å². The van der Waals surface area contributed by atoms with E-state index in [0.717, 1.165) is 6.07 Å². The first kappa shape index (κ1) is 27.4. The summed E-state index contributed by atoms with van der Waals surface area (Å²) in [6, 6.07) is 6.48. The van der Waals surface area contributed by atoms with Crippen LogP contribution in [0.15, 0.2) is 36.5 Å². The van der Waals surface area contributed by atoms with Gasteiger partial charge in [0.2, 0.25) is 17.7 Å². The van der Waals surface area contributed by atoms with E-state index in [4.69, 9.17) is 9.47 Å². The Morgan fingerprint density at radius 2 is 2.00 bits per heavy atom. The highest BCUT2D eigenvalue weighted by Gasteiger charge is 2.38. The number of hydrogen-bond donors (Lipinski definition) is 3. The van der Waals surface area contributed by atoms with Gasteiger partial charge in [-0.2, -0.15) is 13.2 Å². The number of nitrogens with one attached hydrogen (secondary N) is 3. The van der Waals surface area contributed by atoms with E-state index >= 15 is 0 Å². The Bertz CT molecular complexity index is 1030. The number of carbonyl (C=O) groups is 2. The molecule has 3 N–H and O–H groups in total. The van der Waals surface area contributed by atoms with Crippen LogP contribution in [-0.2, 0) is 27.0 Å². The van der Waals surface area contributed by atoms with Gasteiger partial charge in [-0.25, -0.2) is 4.98 Å². The fourth-order valence-electron chi connectivity index (χ4n) is 3.86. The Kier molecular flexibility index (Phi) is 9.65. The van der Waals surface area contributed by atoms with Gasteiger partial charge in [0.15, 0.2) is 0 Å². The summed E-state index contributed by atoms with van der Waals surface area (Å²) in [5.74, 6) is -0.191. The molecule has 196 valence electrons. The van der Waals surface area contributed by atoms with Crippen molar-refractivity contribution >= 4 is 11.8 Å². The van der Waals surface area contributed by atoms with Gasteiger partial charge in [0.25, 0.3) is 0 Å². The minimum Gasteiger partial charge on any atom is -0.475 e. The SMILES string of the molecule is CCCC(=O)NCc1ccc(C(F)(F)F)c(C2NC(=O)CC(c3ccc(OCCOCC)nc3)N2)c1. The van der Waals surface area contributed by atoms with Crippen LogP contribution in [0.3, 0.4) is 0 Å². The number of pyridine rings is 1. The number of halogens is 3. The van der Waals surface area contributed by atoms with Crippen molar-refractivity contribution in [3.63, 3.8) is 0 Å². The van der Waals surface area contributed by atoms with Crippen LogP contribution in [-0.4, -0.2) is 36.6 Å². The fourth-order valence-corrected chi connectivity index (χ4v) is 3.86. The highest BCUT2D eigenvalue weighted by Crippen LogP contribution is 2.36. The van der Waals surface area contributed by atoms with Crippen LogP contribution in [0.5, 0.6) is 5.88 Å². The van der Waals surface area contributed by atoms with E-state index in [1.54, 1.807) is 12.1 Å². The fraction of sp³-hybridized carbons (Fsp3) is 0.480. The second-order valence-electron chi connectivity index (χ2n) is 8.35. The number of alkyl halides is 3. The third-order valence-electron chi connectivity index (χ3n) is 5.61. The number of rotatable bonds is 11. The molecule has 1 fully saturated rings. The lowest BCUT2D eigenvalue weighted by Gasteiger charge is -2.33. The molecule has 2 aromatic rings. The maximum absolute atomic E-state index is 13.8. The molecule has 0 bridgehead atoms. The van der Waals surface area contributed by atoms with Gasteiger partial charge in [-0.15, -0.1) is 0 Å². The summed E-state index contributed by atoms with van der Waals surface area (Å²) in [7, 11) is 0. The number of amides is 2. The van der Waals surface area contributed by atoms with Gasteiger partial charge in [0.1, 0.15) is 12.8 Å². The van der Waals surface area contributed by atoms with Crippen LogP contribution in [0.2, 0.25) is 0 Å². The summed E-state index contributed by atoms with van der Waals surface area (Å²) in [6.45, 7) is 5.17. The Hall–Kier alpha value is -3.18. The van der Waals surface area contributed by atoms with Crippen molar-refractivity contribution in [3.8, 4) is 5.88 Å². The Labute approximate surface area is 208 Å². The molecule has 1 aromatic carbocycles. The smallest absolute Gasteiger partial charge is 0.416 e. The average molecular weight is 509 g/mol. The molecule has 0 aliphatic carbocycles. The van der Waals surface area contributed by atoms with E-state index in [0.29, 0.717) is 49.7 Å². The van der Waals surface area contributed by atoms with Gasteiger partial charge in [-0.05, 0) is 36.6 Å². The van der Waals surface area contributed by atoms with E-state index in [1.807, 2.05) is 13.8 Å². The van der Waals surface area contributed by atoms with Gasteiger partial charge in [0.05, 0.1) is 12.2 Å². The molecule has 3 rings (SSSR count). The first-order valence-electron chi connectivity index (χ1n) is 11.9. The number of aromatic nitrogens is 1. The van der Waals surface area contributed by atoms with Crippen LogP contribution in [0.25, 0.3) is 0 Å². The standard InChI is InChI=1S/C25H31F3N4O4/c1-3-5-21(33)29-14-16-6-8-19(25(26,27)28)18(12-16)24-31-20(13-22(34)32-24)17-7-9-23(30-15-17)36-11-10-35-4-2/h6-9,12,15,20,24,31H,3-5,10-11,13-14H2,1-2H3,(H,29,33)(H,32,34). The molecule has 8 nitrogen and oxygen atoms in total. The van der Waals surface area contributed by atoms with Crippen molar-refractivity contribution < 1.29 is 32.2 Å². The van der Waals surface area contributed by atoms with E-state index < -0.39 is 29.9 Å². The number of nitrogens with zero attached hydrogens (tertiary/aromatic N) is 1. The molecule has 1 saturated heterocycles. The maximum Gasteiger partial charge on any atom is 0.416 e. The molecule has 1 aliphatic rings. The first-order chi connectivity index (χ1) is 17.2. The third kappa shape index (κ3) is 7.66. The topological polar surface area (TPSA) is 102 Å². The van der Waals surface area contributed by atoms with Crippen LogP contribution in [0, 0.1) is 0 Å². The summed E-state index contributed by atoms with van der Waals surface area (Å²) in [5.41, 5.74) is 0.159. The number of carbonyl (C=O) groups excluding carboxylic acids is 2. The third-order valence-corrected chi connectivity index (χ3v) is 5.61. The Morgan fingerprint density at radius 3 is 2.67 bits per heavy atom. The second-order valence-corrected chi connectivity index (χ2v) is 8.35. The first-order valence-corrected chi connectivity index (χ1v) is 11.9. The van der Waals surface area contributed by atoms with Crippen molar-refractivity contribution in [2.45, 2.75) is 58.0 Å². The van der Waals surface area contributed by atoms with Crippen LogP contribution in [0.1, 0.15) is 67.6 Å². The molecule has 1 aliphatic heterocycles. The highest BCUT2D eigenvalue weighted by atomic mass is 19.4. The maximum atomic E-state index is 13.8.